The number of carbonyl (C=O) groups is 1. The molecule has 4 heteroatoms. The summed E-state index contributed by atoms with van der Waals surface area (Å²) in [5.74, 6) is 0.219. The maximum atomic E-state index is 12.4. The number of aromatic nitrogens is 2. The van der Waals surface area contributed by atoms with Crippen molar-refractivity contribution in [2.24, 2.45) is 0 Å². The van der Waals surface area contributed by atoms with E-state index in [-0.39, 0.29) is 5.91 Å². The van der Waals surface area contributed by atoms with Crippen molar-refractivity contribution in [1.29, 1.82) is 0 Å². The van der Waals surface area contributed by atoms with Gasteiger partial charge in [0.15, 0.2) is 0 Å². The van der Waals surface area contributed by atoms with Gasteiger partial charge in [-0.3, -0.25) is 9.48 Å². The Labute approximate surface area is 125 Å². The molecule has 0 bridgehead atoms. The molecular formula is C17H21N3O. The van der Waals surface area contributed by atoms with Crippen LogP contribution in [-0.4, -0.2) is 27.1 Å². The van der Waals surface area contributed by atoms with Gasteiger partial charge in [-0.1, -0.05) is 24.3 Å². The molecule has 0 spiro atoms. The number of aryl methyl sites for hydroxylation is 3. The second-order valence-corrected chi connectivity index (χ2v) is 5.73. The van der Waals surface area contributed by atoms with Crippen molar-refractivity contribution >= 4 is 5.91 Å². The van der Waals surface area contributed by atoms with Crippen molar-refractivity contribution in [3.63, 3.8) is 0 Å². The molecule has 2 aromatic rings. The van der Waals surface area contributed by atoms with Crippen LogP contribution >= 0.6 is 0 Å². The Kier molecular flexibility index (Phi) is 3.78. The molecule has 2 heterocycles. The third-order valence-electron chi connectivity index (χ3n) is 4.12. The molecule has 1 aliphatic heterocycles. The van der Waals surface area contributed by atoms with Crippen molar-refractivity contribution < 1.29 is 4.79 Å². The summed E-state index contributed by atoms with van der Waals surface area (Å²) in [6.45, 7) is 6.24. The molecule has 0 unspecified atom stereocenters. The second-order valence-electron chi connectivity index (χ2n) is 5.73. The maximum Gasteiger partial charge on any atom is 0.224 e. The van der Waals surface area contributed by atoms with Gasteiger partial charge in [0.05, 0.1) is 5.69 Å². The third kappa shape index (κ3) is 2.99. The lowest BCUT2D eigenvalue weighted by atomic mass is 10.00. The lowest BCUT2D eigenvalue weighted by molar-refractivity contribution is -0.132. The van der Waals surface area contributed by atoms with E-state index >= 15 is 0 Å². The van der Waals surface area contributed by atoms with Crippen molar-refractivity contribution in [3.8, 4) is 0 Å². The molecule has 0 saturated carbocycles. The summed E-state index contributed by atoms with van der Waals surface area (Å²) in [7, 11) is 0. The highest BCUT2D eigenvalue weighted by atomic mass is 16.2. The first-order valence-corrected chi connectivity index (χ1v) is 7.49. The average molecular weight is 283 g/mol. The van der Waals surface area contributed by atoms with Gasteiger partial charge < -0.3 is 4.90 Å². The van der Waals surface area contributed by atoms with E-state index in [4.69, 9.17) is 0 Å². The molecule has 1 aliphatic rings. The molecule has 1 amide bonds. The smallest absolute Gasteiger partial charge is 0.224 e. The van der Waals surface area contributed by atoms with Gasteiger partial charge >= 0.3 is 0 Å². The van der Waals surface area contributed by atoms with Gasteiger partial charge in [0, 0.05) is 31.7 Å². The monoisotopic (exact) mass is 283 g/mol. The van der Waals surface area contributed by atoms with Crippen LogP contribution in [0.5, 0.6) is 0 Å². The van der Waals surface area contributed by atoms with Gasteiger partial charge in [0.2, 0.25) is 5.91 Å². The number of nitrogens with zero attached hydrogens (tertiary/aromatic N) is 3. The highest BCUT2D eigenvalue weighted by Gasteiger charge is 2.20. The zero-order valence-electron chi connectivity index (χ0n) is 12.7. The van der Waals surface area contributed by atoms with Crippen LogP contribution in [0, 0.1) is 13.8 Å². The number of hydrogen-bond donors (Lipinski definition) is 0. The Morgan fingerprint density at radius 3 is 2.71 bits per heavy atom. The summed E-state index contributed by atoms with van der Waals surface area (Å²) in [5.41, 5.74) is 4.78. The summed E-state index contributed by atoms with van der Waals surface area (Å²) in [6.07, 6.45) is 1.48. The zero-order valence-corrected chi connectivity index (χ0v) is 12.7. The Bertz CT molecular complexity index is 660. The highest BCUT2D eigenvalue weighted by Crippen LogP contribution is 2.19. The van der Waals surface area contributed by atoms with Gasteiger partial charge in [0.1, 0.15) is 0 Å². The lowest BCUT2D eigenvalue weighted by Crippen LogP contribution is -2.36. The average Bonchev–Trinajstić information content (AvgIpc) is 2.82. The summed E-state index contributed by atoms with van der Waals surface area (Å²) in [6, 6.07) is 10.4. The van der Waals surface area contributed by atoms with Gasteiger partial charge in [0.25, 0.3) is 0 Å². The largest absolute Gasteiger partial charge is 0.338 e. The highest BCUT2D eigenvalue weighted by molar-refractivity contribution is 5.76. The molecule has 0 atom stereocenters. The number of carbonyl (C=O) groups excluding carboxylic acids is 1. The minimum atomic E-state index is 0.219. The molecule has 0 saturated heterocycles. The maximum absolute atomic E-state index is 12.4. The van der Waals surface area contributed by atoms with E-state index in [2.05, 4.69) is 23.3 Å². The van der Waals surface area contributed by atoms with Crippen LogP contribution in [0.2, 0.25) is 0 Å². The van der Waals surface area contributed by atoms with Gasteiger partial charge in [-0.15, -0.1) is 0 Å². The minimum absolute atomic E-state index is 0.219. The standard InChI is InChI=1S/C17H21N3O/c1-13-11-14(2)20(18-13)10-8-17(21)19-9-7-15-5-3-4-6-16(15)12-19/h3-6,11H,7-10,12H2,1-2H3. The van der Waals surface area contributed by atoms with Crippen molar-refractivity contribution in [3.05, 3.63) is 52.8 Å². The van der Waals surface area contributed by atoms with Crippen LogP contribution in [-0.2, 0) is 24.3 Å². The molecule has 3 rings (SSSR count). The number of rotatable bonds is 3. The minimum Gasteiger partial charge on any atom is -0.338 e. The summed E-state index contributed by atoms with van der Waals surface area (Å²) < 4.78 is 1.92. The SMILES string of the molecule is Cc1cc(C)n(CCC(=O)N2CCc3ccccc3C2)n1. The van der Waals surface area contributed by atoms with Crippen molar-refractivity contribution in [2.75, 3.05) is 6.54 Å². The van der Waals surface area contributed by atoms with E-state index in [1.807, 2.05) is 35.6 Å². The van der Waals surface area contributed by atoms with Gasteiger partial charge in [-0.05, 0) is 37.5 Å². The number of amides is 1. The second kappa shape index (κ2) is 5.72. The zero-order chi connectivity index (χ0) is 14.8. The first-order valence-electron chi connectivity index (χ1n) is 7.49. The van der Waals surface area contributed by atoms with Crippen molar-refractivity contribution in [2.45, 2.75) is 39.8 Å². The summed E-state index contributed by atoms with van der Waals surface area (Å²) >= 11 is 0. The van der Waals surface area contributed by atoms with E-state index < -0.39 is 0 Å². The molecule has 1 aromatic heterocycles. The van der Waals surface area contributed by atoms with Crippen LogP contribution < -0.4 is 0 Å². The van der Waals surface area contributed by atoms with E-state index in [9.17, 15) is 4.79 Å². The van der Waals surface area contributed by atoms with E-state index in [0.29, 0.717) is 13.0 Å². The Morgan fingerprint density at radius 1 is 1.24 bits per heavy atom. The predicted molar refractivity (Wildman–Crippen MR) is 81.9 cm³/mol. The molecule has 21 heavy (non-hydrogen) atoms. The first-order chi connectivity index (χ1) is 10.1. The third-order valence-corrected chi connectivity index (χ3v) is 4.12. The number of hydrogen-bond acceptors (Lipinski definition) is 2. The van der Waals surface area contributed by atoms with Gasteiger partial charge in [-0.25, -0.2) is 0 Å². The molecule has 0 fully saturated rings. The Balaban J connectivity index is 1.61. The molecule has 1 aromatic carbocycles. The van der Waals surface area contributed by atoms with Gasteiger partial charge in [-0.2, -0.15) is 5.10 Å². The lowest BCUT2D eigenvalue weighted by Gasteiger charge is -2.29. The molecule has 0 N–H and O–H groups in total. The van der Waals surface area contributed by atoms with E-state index in [1.165, 1.54) is 11.1 Å². The molecular weight excluding hydrogens is 262 g/mol. The quantitative estimate of drug-likeness (QED) is 0.868. The first kappa shape index (κ1) is 13.9. The normalized spacial score (nSPS) is 14.1. The van der Waals surface area contributed by atoms with Crippen LogP contribution in [0.1, 0.15) is 28.9 Å². The Hall–Kier alpha value is -2.10. The summed E-state index contributed by atoms with van der Waals surface area (Å²) in [4.78, 5) is 14.4. The number of benzene rings is 1. The number of fused-ring (bicyclic) bond motifs is 1. The predicted octanol–water partition coefficient (Wildman–Crippen LogP) is 2.47. The van der Waals surface area contributed by atoms with Crippen LogP contribution in [0.3, 0.4) is 0 Å². The van der Waals surface area contributed by atoms with Crippen LogP contribution in [0.25, 0.3) is 0 Å². The molecule has 4 nitrogen and oxygen atoms in total. The van der Waals surface area contributed by atoms with E-state index in [1.54, 1.807) is 0 Å². The fourth-order valence-corrected chi connectivity index (χ4v) is 2.97. The van der Waals surface area contributed by atoms with E-state index in [0.717, 1.165) is 30.9 Å². The van der Waals surface area contributed by atoms with Crippen LogP contribution in [0.15, 0.2) is 30.3 Å². The van der Waals surface area contributed by atoms with Crippen LogP contribution in [0.4, 0.5) is 0 Å². The fraction of sp³-hybridized carbons (Fsp3) is 0.412. The Morgan fingerprint density at radius 2 is 2.00 bits per heavy atom. The fourth-order valence-electron chi connectivity index (χ4n) is 2.97. The molecule has 110 valence electrons. The summed E-state index contributed by atoms with van der Waals surface area (Å²) in [5, 5.41) is 4.41. The topological polar surface area (TPSA) is 38.1 Å². The molecule has 0 radical (unpaired) electrons. The van der Waals surface area contributed by atoms with Crippen molar-refractivity contribution in [1.82, 2.24) is 14.7 Å². The molecule has 0 aliphatic carbocycles.